The molecular weight excluding hydrogens is 429 g/mol. The van der Waals surface area contributed by atoms with Crippen molar-refractivity contribution in [3.63, 3.8) is 0 Å². The van der Waals surface area contributed by atoms with E-state index in [-0.39, 0.29) is 17.1 Å². The first-order valence-corrected chi connectivity index (χ1v) is 10.7. The summed E-state index contributed by atoms with van der Waals surface area (Å²) < 4.78 is 20.9. The Balaban J connectivity index is 1.62. The van der Waals surface area contributed by atoms with Gasteiger partial charge in [-0.3, -0.25) is 4.90 Å². The average Bonchev–Trinajstić information content (AvgIpc) is 2.75. The molecule has 9 nitrogen and oxygen atoms in total. The number of carbonyl (C=O) groups is 1. The molecular formula is C23H24FN5O4. The lowest BCUT2D eigenvalue weighted by molar-refractivity contribution is -0.0300. The number of fused-ring (bicyclic) bond motifs is 2. The summed E-state index contributed by atoms with van der Waals surface area (Å²) in [5.41, 5.74) is 7.45. The van der Waals surface area contributed by atoms with E-state index < -0.39 is 23.6 Å². The molecule has 10 heteroatoms. The Labute approximate surface area is 189 Å². The number of amides is 1. The van der Waals surface area contributed by atoms with Crippen molar-refractivity contribution >= 4 is 34.1 Å². The van der Waals surface area contributed by atoms with Gasteiger partial charge in [0, 0.05) is 41.5 Å². The van der Waals surface area contributed by atoms with Gasteiger partial charge in [0.25, 0.3) is 0 Å². The van der Waals surface area contributed by atoms with E-state index in [0.29, 0.717) is 53.9 Å². The normalized spacial score (nSPS) is 21.5. The van der Waals surface area contributed by atoms with Crippen LogP contribution in [0.5, 0.6) is 5.88 Å². The van der Waals surface area contributed by atoms with E-state index >= 15 is 4.39 Å². The van der Waals surface area contributed by atoms with Gasteiger partial charge >= 0.3 is 6.09 Å². The Morgan fingerprint density at radius 3 is 2.76 bits per heavy atom. The molecule has 2 aromatic heterocycles. The second-order valence-corrected chi connectivity index (χ2v) is 8.88. The molecule has 1 aliphatic heterocycles. The number of aromatic nitrogens is 2. The summed E-state index contributed by atoms with van der Waals surface area (Å²) in [5.74, 6) is 0.0724. The zero-order valence-corrected chi connectivity index (χ0v) is 18.2. The SMILES string of the molecule is Cc1c(-c2cc3cc(N(C(=O)O)C4CC(C)(O)C4)ncc3c(N)c2F)cnc2c1NCCO2. The Kier molecular flexibility index (Phi) is 4.78. The molecule has 1 aliphatic carbocycles. The lowest BCUT2D eigenvalue weighted by Crippen LogP contribution is -2.55. The van der Waals surface area contributed by atoms with Crippen LogP contribution < -0.4 is 20.7 Å². The van der Waals surface area contributed by atoms with E-state index in [4.69, 9.17) is 10.5 Å². The second-order valence-electron chi connectivity index (χ2n) is 8.88. The molecule has 1 saturated carbocycles. The molecule has 2 aliphatic rings. The van der Waals surface area contributed by atoms with Crippen LogP contribution in [0.2, 0.25) is 0 Å². The zero-order chi connectivity index (χ0) is 23.5. The summed E-state index contributed by atoms with van der Waals surface area (Å²) in [5, 5.41) is 24.0. The molecule has 1 amide bonds. The molecule has 33 heavy (non-hydrogen) atoms. The number of hydrogen-bond acceptors (Lipinski definition) is 7. The number of hydrogen-bond donors (Lipinski definition) is 4. The number of anilines is 3. The number of rotatable bonds is 3. The van der Waals surface area contributed by atoms with Crippen molar-refractivity contribution in [1.29, 1.82) is 0 Å². The molecule has 1 aromatic carbocycles. The molecule has 0 radical (unpaired) electrons. The molecule has 0 bridgehead atoms. The van der Waals surface area contributed by atoms with Crippen LogP contribution in [0.4, 0.5) is 26.4 Å². The highest BCUT2D eigenvalue weighted by atomic mass is 19.1. The fourth-order valence-electron chi connectivity index (χ4n) is 4.69. The third-order valence-electron chi connectivity index (χ3n) is 6.39. The minimum atomic E-state index is -1.17. The first-order valence-electron chi connectivity index (χ1n) is 10.7. The molecule has 0 saturated heterocycles. The number of halogens is 1. The summed E-state index contributed by atoms with van der Waals surface area (Å²) in [4.78, 5) is 21.7. The van der Waals surface area contributed by atoms with Crippen LogP contribution in [0.25, 0.3) is 21.9 Å². The van der Waals surface area contributed by atoms with Gasteiger partial charge in [0.1, 0.15) is 18.1 Å². The summed E-state index contributed by atoms with van der Waals surface area (Å²) in [6, 6.07) is 2.82. The Hall–Kier alpha value is -3.66. The molecule has 3 aromatic rings. The second kappa shape index (κ2) is 7.45. The number of nitrogens with two attached hydrogens (primary N) is 1. The molecule has 172 valence electrons. The number of nitrogens with one attached hydrogen (secondary N) is 1. The smallest absolute Gasteiger partial charge is 0.413 e. The quantitative estimate of drug-likeness (QED) is 0.443. The van der Waals surface area contributed by atoms with Crippen molar-refractivity contribution in [1.82, 2.24) is 9.97 Å². The summed E-state index contributed by atoms with van der Waals surface area (Å²) >= 11 is 0. The lowest BCUT2D eigenvalue weighted by atomic mass is 9.76. The number of nitrogens with zero attached hydrogens (tertiary/aromatic N) is 3. The maximum absolute atomic E-state index is 15.3. The van der Waals surface area contributed by atoms with E-state index in [2.05, 4.69) is 15.3 Å². The minimum Gasteiger partial charge on any atom is -0.474 e. The van der Waals surface area contributed by atoms with Gasteiger partial charge in [-0.2, -0.15) is 0 Å². The number of aliphatic hydroxyl groups is 1. The van der Waals surface area contributed by atoms with Gasteiger partial charge in [-0.15, -0.1) is 0 Å². The van der Waals surface area contributed by atoms with Crippen LogP contribution in [0.1, 0.15) is 25.3 Å². The monoisotopic (exact) mass is 453 g/mol. The van der Waals surface area contributed by atoms with Crippen molar-refractivity contribution in [3.8, 4) is 17.0 Å². The van der Waals surface area contributed by atoms with E-state index in [0.717, 1.165) is 10.5 Å². The lowest BCUT2D eigenvalue weighted by Gasteiger charge is -2.45. The summed E-state index contributed by atoms with van der Waals surface area (Å²) in [6.07, 6.45) is 2.38. The molecule has 0 spiro atoms. The summed E-state index contributed by atoms with van der Waals surface area (Å²) in [6.45, 7) is 4.64. The van der Waals surface area contributed by atoms with Crippen molar-refractivity contribution in [2.24, 2.45) is 0 Å². The van der Waals surface area contributed by atoms with Gasteiger partial charge in [0.15, 0.2) is 5.82 Å². The van der Waals surface area contributed by atoms with E-state index in [1.54, 1.807) is 25.3 Å². The van der Waals surface area contributed by atoms with Crippen molar-refractivity contribution in [2.45, 2.75) is 38.3 Å². The van der Waals surface area contributed by atoms with Crippen molar-refractivity contribution in [2.75, 3.05) is 29.1 Å². The Morgan fingerprint density at radius 1 is 1.30 bits per heavy atom. The van der Waals surface area contributed by atoms with E-state index in [1.165, 1.54) is 6.20 Å². The third kappa shape index (κ3) is 3.46. The molecule has 1 fully saturated rings. The molecule has 0 unspecified atom stereocenters. The van der Waals surface area contributed by atoms with Crippen LogP contribution in [0.3, 0.4) is 0 Å². The summed E-state index contributed by atoms with van der Waals surface area (Å²) in [7, 11) is 0. The fraction of sp³-hybridized carbons (Fsp3) is 0.348. The predicted octanol–water partition coefficient (Wildman–Crippen LogP) is 3.53. The highest BCUT2D eigenvalue weighted by Crippen LogP contribution is 2.41. The number of pyridine rings is 2. The van der Waals surface area contributed by atoms with Gasteiger partial charge in [-0.25, -0.2) is 19.2 Å². The van der Waals surface area contributed by atoms with Crippen LogP contribution in [-0.2, 0) is 0 Å². The van der Waals surface area contributed by atoms with Crippen molar-refractivity contribution in [3.05, 3.63) is 35.9 Å². The van der Waals surface area contributed by atoms with Gasteiger partial charge in [-0.1, -0.05) is 0 Å². The molecule has 3 heterocycles. The van der Waals surface area contributed by atoms with Gasteiger partial charge in [-0.05, 0) is 49.8 Å². The van der Waals surface area contributed by atoms with E-state index in [9.17, 15) is 15.0 Å². The number of ether oxygens (including phenoxy) is 1. The van der Waals surface area contributed by atoms with Gasteiger partial charge in [0.2, 0.25) is 5.88 Å². The maximum atomic E-state index is 15.3. The van der Waals surface area contributed by atoms with Gasteiger partial charge in [0.05, 0.1) is 11.3 Å². The molecule has 0 atom stereocenters. The minimum absolute atomic E-state index is 0.0728. The number of benzene rings is 1. The van der Waals surface area contributed by atoms with Crippen LogP contribution in [0, 0.1) is 12.7 Å². The fourth-order valence-corrected chi connectivity index (χ4v) is 4.69. The van der Waals surface area contributed by atoms with Crippen molar-refractivity contribution < 1.29 is 24.1 Å². The van der Waals surface area contributed by atoms with E-state index in [1.807, 2.05) is 6.92 Å². The zero-order valence-electron chi connectivity index (χ0n) is 18.2. The maximum Gasteiger partial charge on any atom is 0.413 e. The topological polar surface area (TPSA) is 134 Å². The highest BCUT2D eigenvalue weighted by Gasteiger charge is 2.44. The van der Waals surface area contributed by atoms with Crippen LogP contribution >= 0.6 is 0 Å². The first-order chi connectivity index (χ1) is 15.7. The average molecular weight is 453 g/mol. The third-order valence-corrected chi connectivity index (χ3v) is 6.39. The Bertz CT molecular complexity index is 1290. The standard InChI is InChI=1S/C23H24FN5O4/c1-11-15(9-28-21-20(11)26-3-4-33-21)14-5-12-6-17(27-10-16(12)19(25)18(14)24)29(22(30)31)13-7-23(2,32)8-13/h5-6,9-10,13,26,32H,3-4,7-8,25H2,1-2H3,(H,30,31). The molecule has 5 N–H and O–H groups in total. The Morgan fingerprint density at radius 2 is 2.06 bits per heavy atom. The largest absolute Gasteiger partial charge is 0.474 e. The van der Waals surface area contributed by atoms with Gasteiger partial charge < -0.3 is 26.0 Å². The van der Waals surface area contributed by atoms with Crippen LogP contribution in [-0.4, -0.2) is 51.1 Å². The number of nitrogen functional groups attached to an aromatic ring is 1. The number of carboxylic acid groups (broad SMARTS) is 1. The molecule has 5 rings (SSSR count). The predicted molar refractivity (Wildman–Crippen MR) is 122 cm³/mol. The first kappa shape index (κ1) is 21.2. The highest BCUT2D eigenvalue weighted by molar-refractivity contribution is 5.99. The van der Waals surface area contributed by atoms with Crippen LogP contribution in [0.15, 0.2) is 24.5 Å².